The first kappa shape index (κ1) is 15.6. The predicted octanol–water partition coefficient (Wildman–Crippen LogP) is 4.67. The Morgan fingerprint density at radius 1 is 1.05 bits per heavy atom. The topological polar surface area (TPSA) is 12.0 Å². The van der Waals surface area contributed by atoms with Crippen LogP contribution in [0.2, 0.25) is 0 Å². The molecule has 1 nitrogen and oxygen atoms in total. The van der Waals surface area contributed by atoms with Gasteiger partial charge in [0.25, 0.3) is 0 Å². The molecule has 1 atom stereocenters. The quantitative estimate of drug-likeness (QED) is 0.843. The molecule has 2 aromatic rings. The maximum absolute atomic E-state index is 14.1. The Kier molecular flexibility index (Phi) is 5.07. The summed E-state index contributed by atoms with van der Waals surface area (Å²) in [4.78, 5) is 0. The van der Waals surface area contributed by atoms with Gasteiger partial charge in [-0.1, -0.05) is 37.3 Å². The van der Waals surface area contributed by atoms with Gasteiger partial charge in [-0.15, -0.1) is 0 Å². The number of rotatable bonds is 5. The highest BCUT2D eigenvalue weighted by molar-refractivity contribution is 5.37. The van der Waals surface area contributed by atoms with Crippen molar-refractivity contribution in [2.75, 3.05) is 6.54 Å². The van der Waals surface area contributed by atoms with Gasteiger partial charge in [0.05, 0.1) is 6.04 Å². The van der Waals surface area contributed by atoms with E-state index in [1.807, 2.05) is 39.0 Å². The number of hydrogen-bond acceptors (Lipinski definition) is 1. The van der Waals surface area contributed by atoms with E-state index < -0.39 is 11.6 Å². The molecule has 112 valence electrons. The van der Waals surface area contributed by atoms with E-state index in [1.54, 1.807) is 12.1 Å². The van der Waals surface area contributed by atoms with E-state index in [1.165, 1.54) is 5.56 Å². The van der Waals surface area contributed by atoms with Crippen molar-refractivity contribution in [1.29, 1.82) is 0 Å². The summed E-state index contributed by atoms with van der Waals surface area (Å²) in [6.07, 6.45) is 0.929. The summed E-state index contributed by atoms with van der Waals surface area (Å²) in [7, 11) is 0. The number of nitrogens with one attached hydrogen (secondary N) is 1. The molecule has 0 spiro atoms. The SMILES string of the molecule is CCCNC(c1ccc(C)c(C)c1)c1cccc(F)c1F. The molecule has 0 saturated heterocycles. The van der Waals surface area contributed by atoms with E-state index in [9.17, 15) is 8.78 Å². The molecule has 3 heteroatoms. The Morgan fingerprint density at radius 3 is 2.48 bits per heavy atom. The zero-order valence-electron chi connectivity index (χ0n) is 12.7. The summed E-state index contributed by atoms with van der Waals surface area (Å²) < 4.78 is 27.6. The molecule has 1 N–H and O–H groups in total. The van der Waals surface area contributed by atoms with Gasteiger partial charge in [0.1, 0.15) is 0 Å². The Balaban J connectivity index is 2.47. The highest BCUT2D eigenvalue weighted by Crippen LogP contribution is 2.27. The van der Waals surface area contributed by atoms with E-state index in [0.717, 1.165) is 30.2 Å². The predicted molar refractivity (Wildman–Crippen MR) is 82.4 cm³/mol. The molecule has 0 amide bonds. The minimum Gasteiger partial charge on any atom is -0.306 e. The normalized spacial score (nSPS) is 12.4. The molecule has 2 aromatic carbocycles. The zero-order chi connectivity index (χ0) is 15.4. The average Bonchev–Trinajstić information content (AvgIpc) is 2.47. The van der Waals surface area contributed by atoms with Crippen molar-refractivity contribution in [2.45, 2.75) is 33.2 Å². The van der Waals surface area contributed by atoms with Crippen LogP contribution < -0.4 is 5.32 Å². The third kappa shape index (κ3) is 3.48. The molecule has 0 aliphatic heterocycles. The molecule has 21 heavy (non-hydrogen) atoms. The summed E-state index contributed by atoms with van der Waals surface area (Å²) in [5, 5.41) is 3.31. The van der Waals surface area contributed by atoms with Crippen molar-refractivity contribution < 1.29 is 8.78 Å². The third-order valence-corrected chi connectivity index (χ3v) is 3.76. The van der Waals surface area contributed by atoms with Gasteiger partial charge in [-0.05, 0) is 49.6 Å². The maximum Gasteiger partial charge on any atom is 0.163 e. The van der Waals surface area contributed by atoms with Crippen LogP contribution >= 0.6 is 0 Å². The van der Waals surface area contributed by atoms with Crippen molar-refractivity contribution in [3.05, 3.63) is 70.3 Å². The van der Waals surface area contributed by atoms with E-state index in [2.05, 4.69) is 5.32 Å². The van der Waals surface area contributed by atoms with E-state index in [-0.39, 0.29) is 6.04 Å². The van der Waals surface area contributed by atoms with Crippen LogP contribution in [0.15, 0.2) is 36.4 Å². The summed E-state index contributed by atoms with van der Waals surface area (Å²) in [5.41, 5.74) is 3.64. The van der Waals surface area contributed by atoms with Gasteiger partial charge < -0.3 is 5.32 Å². The Labute approximate surface area is 125 Å². The van der Waals surface area contributed by atoms with Crippen LogP contribution in [-0.4, -0.2) is 6.54 Å². The minimum absolute atomic E-state index is 0.333. The highest BCUT2D eigenvalue weighted by Gasteiger charge is 2.19. The molecule has 0 fully saturated rings. The monoisotopic (exact) mass is 289 g/mol. The standard InChI is InChI=1S/C18H21F2N/c1-4-10-21-18(14-9-8-12(2)13(3)11-14)15-6-5-7-16(19)17(15)20/h5-9,11,18,21H,4,10H2,1-3H3. The Morgan fingerprint density at radius 2 is 1.81 bits per heavy atom. The second-order valence-corrected chi connectivity index (χ2v) is 5.37. The Bertz CT molecular complexity index is 623. The lowest BCUT2D eigenvalue weighted by atomic mass is 9.95. The van der Waals surface area contributed by atoms with Crippen molar-refractivity contribution in [3.8, 4) is 0 Å². The van der Waals surface area contributed by atoms with Crippen LogP contribution in [0.5, 0.6) is 0 Å². The maximum atomic E-state index is 14.1. The van der Waals surface area contributed by atoms with Gasteiger partial charge in [-0.3, -0.25) is 0 Å². The molecular weight excluding hydrogens is 268 g/mol. The van der Waals surface area contributed by atoms with E-state index in [0.29, 0.717) is 5.56 Å². The lowest BCUT2D eigenvalue weighted by Crippen LogP contribution is -2.24. The summed E-state index contributed by atoms with van der Waals surface area (Å²) >= 11 is 0. The van der Waals surface area contributed by atoms with Gasteiger partial charge in [-0.25, -0.2) is 8.78 Å². The second kappa shape index (κ2) is 6.81. The molecule has 0 radical (unpaired) electrons. The molecule has 0 bridgehead atoms. The van der Waals surface area contributed by atoms with Crippen LogP contribution in [0.3, 0.4) is 0 Å². The van der Waals surface area contributed by atoms with Crippen molar-refractivity contribution in [2.24, 2.45) is 0 Å². The first-order valence-corrected chi connectivity index (χ1v) is 7.29. The molecular formula is C18H21F2N. The third-order valence-electron chi connectivity index (χ3n) is 3.76. The molecule has 0 heterocycles. The summed E-state index contributed by atoms with van der Waals surface area (Å²) in [5.74, 6) is -1.58. The minimum atomic E-state index is -0.806. The van der Waals surface area contributed by atoms with Crippen molar-refractivity contribution in [1.82, 2.24) is 5.32 Å². The average molecular weight is 289 g/mol. The number of aryl methyl sites for hydroxylation is 2. The van der Waals surface area contributed by atoms with Crippen LogP contribution in [0.1, 0.15) is 41.6 Å². The largest absolute Gasteiger partial charge is 0.306 e. The fourth-order valence-electron chi connectivity index (χ4n) is 2.38. The van der Waals surface area contributed by atoms with Gasteiger partial charge in [0, 0.05) is 5.56 Å². The highest BCUT2D eigenvalue weighted by atomic mass is 19.2. The summed E-state index contributed by atoms with van der Waals surface area (Å²) in [6.45, 7) is 6.86. The van der Waals surface area contributed by atoms with Crippen molar-refractivity contribution >= 4 is 0 Å². The molecule has 0 saturated carbocycles. The van der Waals surface area contributed by atoms with E-state index in [4.69, 9.17) is 0 Å². The lowest BCUT2D eigenvalue weighted by molar-refractivity contribution is 0.480. The van der Waals surface area contributed by atoms with Gasteiger partial charge >= 0.3 is 0 Å². The fourth-order valence-corrected chi connectivity index (χ4v) is 2.38. The van der Waals surface area contributed by atoms with Gasteiger partial charge in [0.15, 0.2) is 11.6 Å². The van der Waals surface area contributed by atoms with Gasteiger partial charge in [-0.2, -0.15) is 0 Å². The zero-order valence-corrected chi connectivity index (χ0v) is 12.7. The van der Waals surface area contributed by atoms with Crippen LogP contribution in [0.4, 0.5) is 8.78 Å². The first-order chi connectivity index (χ1) is 10.0. The molecule has 2 rings (SSSR count). The Hall–Kier alpha value is -1.74. The number of hydrogen-bond donors (Lipinski definition) is 1. The lowest BCUT2D eigenvalue weighted by Gasteiger charge is -2.21. The number of benzene rings is 2. The molecule has 1 unspecified atom stereocenters. The van der Waals surface area contributed by atoms with Crippen LogP contribution in [0, 0.1) is 25.5 Å². The summed E-state index contributed by atoms with van der Waals surface area (Å²) in [6, 6.07) is 10.0. The van der Waals surface area contributed by atoms with Gasteiger partial charge in [0.2, 0.25) is 0 Å². The first-order valence-electron chi connectivity index (χ1n) is 7.29. The fraction of sp³-hybridized carbons (Fsp3) is 0.333. The van der Waals surface area contributed by atoms with Crippen molar-refractivity contribution in [3.63, 3.8) is 0 Å². The smallest absolute Gasteiger partial charge is 0.163 e. The molecule has 0 aliphatic carbocycles. The van der Waals surface area contributed by atoms with Crippen LogP contribution in [-0.2, 0) is 0 Å². The van der Waals surface area contributed by atoms with E-state index >= 15 is 0 Å². The van der Waals surface area contributed by atoms with Crippen LogP contribution in [0.25, 0.3) is 0 Å². The molecule has 0 aliphatic rings. The molecule has 0 aromatic heterocycles. The second-order valence-electron chi connectivity index (χ2n) is 5.37. The number of halogens is 2.